The number of amides is 1. The fourth-order valence-electron chi connectivity index (χ4n) is 1.19. The Bertz CT molecular complexity index is 371. The summed E-state index contributed by atoms with van der Waals surface area (Å²) in [6, 6.07) is -0.349. The van der Waals surface area contributed by atoms with Crippen LogP contribution >= 0.6 is 0 Å². The number of carbonyl (C=O) groups is 2. The summed E-state index contributed by atoms with van der Waals surface area (Å²) >= 11 is 0. The highest BCUT2D eigenvalue weighted by Crippen LogP contribution is 2.06. The second-order valence-electron chi connectivity index (χ2n) is 5.32. The maximum absolute atomic E-state index is 11.6. The highest BCUT2D eigenvalue weighted by molar-refractivity contribution is 5.68. The molecular formula is C15H25NO5. The van der Waals surface area contributed by atoms with Crippen molar-refractivity contribution in [3.63, 3.8) is 0 Å². The maximum Gasteiger partial charge on any atom is 0.408 e. The lowest BCUT2D eigenvalue weighted by atomic mass is 10.2. The zero-order valence-electron chi connectivity index (χ0n) is 13.2. The fourth-order valence-corrected chi connectivity index (χ4v) is 1.19. The molecule has 120 valence electrons. The van der Waals surface area contributed by atoms with Crippen molar-refractivity contribution >= 4 is 12.1 Å². The average molecular weight is 299 g/mol. The lowest BCUT2D eigenvalue weighted by Gasteiger charge is -2.22. The van der Waals surface area contributed by atoms with Crippen LogP contribution in [0.1, 0.15) is 34.1 Å². The van der Waals surface area contributed by atoms with Crippen LogP contribution in [0.25, 0.3) is 0 Å². The van der Waals surface area contributed by atoms with Gasteiger partial charge in [0.25, 0.3) is 0 Å². The smallest absolute Gasteiger partial charge is 0.408 e. The summed E-state index contributed by atoms with van der Waals surface area (Å²) < 4.78 is 15.1. The number of hydrogen-bond acceptors (Lipinski definition) is 5. The molecule has 0 aliphatic heterocycles. The molecule has 0 bridgehead atoms. The average Bonchev–Trinajstić information content (AvgIpc) is 2.33. The van der Waals surface area contributed by atoms with Crippen molar-refractivity contribution in [1.82, 2.24) is 5.32 Å². The van der Waals surface area contributed by atoms with Gasteiger partial charge in [0.05, 0.1) is 18.9 Å². The Morgan fingerprint density at radius 1 is 1.33 bits per heavy atom. The van der Waals surface area contributed by atoms with Gasteiger partial charge in [-0.3, -0.25) is 4.79 Å². The van der Waals surface area contributed by atoms with Crippen molar-refractivity contribution in [3.05, 3.63) is 25.0 Å². The van der Waals surface area contributed by atoms with Crippen LogP contribution < -0.4 is 5.32 Å². The Morgan fingerprint density at radius 3 is 2.52 bits per heavy atom. The van der Waals surface area contributed by atoms with E-state index in [1.54, 1.807) is 32.9 Å². The van der Waals surface area contributed by atoms with Gasteiger partial charge in [-0.05, 0) is 26.8 Å². The lowest BCUT2D eigenvalue weighted by Crippen LogP contribution is -2.40. The van der Waals surface area contributed by atoms with Crippen LogP contribution in [-0.2, 0) is 19.0 Å². The Labute approximate surface area is 126 Å². The molecule has 0 aromatic heterocycles. The second kappa shape index (κ2) is 9.85. The van der Waals surface area contributed by atoms with Crippen molar-refractivity contribution in [2.45, 2.75) is 45.8 Å². The topological polar surface area (TPSA) is 73.9 Å². The highest BCUT2D eigenvalue weighted by atomic mass is 16.6. The molecule has 21 heavy (non-hydrogen) atoms. The van der Waals surface area contributed by atoms with E-state index in [4.69, 9.17) is 14.2 Å². The first kappa shape index (κ1) is 19.0. The molecule has 0 aliphatic carbocycles. The maximum atomic E-state index is 11.6. The van der Waals surface area contributed by atoms with Crippen molar-refractivity contribution in [1.29, 1.82) is 0 Å². The van der Waals surface area contributed by atoms with Crippen LogP contribution in [0.2, 0.25) is 0 Å². The zero-order valence-corrected chi connectivity index (χ0v) is 13.2. The van der Waals surface area contributed by atoms with Crippen molar-refractivity contribution in [2.24, 2.45) is 0 Å². The number of esters is 1. The third-order valence-electron chi connectivity index (χ3n) is 2.04. The first-order chi connectivity index (χ1) is 9.74. The van der Waals surface area contributed by atoms with E-state index in [2.05, 4.69) is 11.9 Å². The number of hydrogen-bond donors (Lipinski definition) is 1. The van der Waals surface area contributed by atoms with Gasteiger partial charge in [-0.1, -0.05) is 6.08 Å². The number of alkyl carbamates (subject to hydrolysis) is 1. The van der Waals surface area contributed by atoms with E-state index in [0.29, 0.717) is 13.0 Å². The van der Waals surface area contributed by atoms with Crippen molar-refractivity contribution in [2.75, 3.05) is 13.2 Å². The minimum Gasteiger partial charge on any atom is -0.499 e. The molecule has 1 amide bonds. The van der Waals surface area contributed by atoms with Gasteiger partial charge < -0.3 is 19.5 Å². The van der Waals surface area contributed by atoms with Gasteiger partial charge in [0, 0.05) is 13.3 Å². The highest BCUT2D eigenvalue weighted by Gasteiger charge is 2.18. The molecule has 0 aliphatic rings. The first-order valence-electron chi connectivity index (χ1n) is 6.76. The largest absolute Gasteiger partial charge is 0.499 e. The number of rotatable bonds is 8. The number of nitrogens with one attached hydrogen (secondary N) is 1. The molecule has 0 rings (SSSR count). The Hall–Kier alpha value is -1.98. The molecule has 0 heterocycles. The predicted molar refractivity (Wildman–Crippen MR) is 79.7 cm³/mol. The van der Waals surface area contributed by atoms with E-state index < -0.39 is 11.7 Å². The minimum absolute atomic E-state index is 0.243. The molecule has 0 aromatic carbocycles. The van der Waals surface area contributed by atoms with E-state index in [-0.39, 0.29) is 18.6 Å². The molecule has 0 radical (unpaired) electrons. The summed E-state index contributed by atoms with van der Waals surface area (Å²) in [6.45, 7) is 10.9. The van der Waals surface area contributed by atoms with Gasteiger partial charge in [0.15, 0.2) is 0 Å². The summed E-state index contributed by atoms with van der Waals surface area (Å²) in [5.41, 5.74) is -0.548. The van der Waals surface area contributed by atoms with E-state index >= 15 is 0 Å². The normalized spacial score (nSPS) is 12.6. The molecule has 1 N–H and O–H groups in total. The molecule has 6 heteroatoms. The lowest BCUT2D eigenvalue weighted by molar-refractivity contribution is -0.140. The molecule has 0 fully saturated rings. The summed E-state index contributed by atoms with van der Waals surface area (Å²) in [5.74, 6) is -0.308. The predicted octanol–water partition coefficient (Wildman–Crippen LogP) is 2.55. The third-order valence-corrected chi connectivity index (χ3v) is 2.04. The second-order valence-corrected chi connectivity index (χ2v) is 5.32. The molecular weight excluding hydrogens is 274 g/mol. The van der Waals surface area contributed by atoms with Gasteiger partial charge in [-0.2, -0.15) is 0 Å². The summed E-state index contributed by atoms with van der Waals surface area (Å²) in [7, 11) is 0. The van der Waals surface area contributed by atoms with Crippen LogP contribution in [0.4, 0.5) is 4.79 Å². The number of carbonyl (C=O) groups excluding carboxylic acids is 2. The van der Waals surface area contributed by atoms with Gasteiger partial charge in [-0.25, -0.2) is 4.79 Å². The first-order valence-corrected chi connectivity index (χ1v) is 6.76. The SMILES string of the molecule is C=C[C@@H](CO/C=C/CCOC(C)=O)NC(=O)OC(C)(C)C. The molecule has 1 atom stereocenters. The Morgan fingerprint density at radius 2 is 2.00 bits per heavy atom. The third kappa shape index (κ3) is 12.8. The fraction of sp³-hybridized carbons (Fsp3) is 0.600. The van der Waals surface area contributed by atoms with Gasteiger partial charge in [-0.15, -0.1) is 6.58 Å². The molecule has 6 nitrogen and oxygen atoms in total. The van der Waals surface area contributed by atoms with E-state index in [1.165, 1.54) is 13.2 Å². The minimum atomic E-state index is -0.548. The summed E-state index contributed by atoms with van der Waals surface area (Å²) in [4.78, 5) is 22.1. The van der Waals surface area contributed by atoms with Crippen LogP contribution in [0.3, 0.4) is 0 Å². The van der Waals surface area contributed by atoms with Crippen molar-refractivity contribution < 1.29 is 23.8 Å². The standard InChI is InChI=1S/C15H25NO5/c1-6-13(16-14(18)21-15(3,4)5)11-19-9-7-8-10-20-12(2)17/h6-7,9,13H,1,8,10-11H2,2-5H3,(H,16,18)/b9-7+/t13-/m0/s1. The Kier molecular flexibility index (Phi) is 8.92. The number of ether oxygens (including phenoxy) is 3. The van der Waals surface area contributed by atoms with Crippen LogP contribution in [0.5, 0.6) is 0 Å². The van der Waals surface area contributed by atoms with Crippen molar-refractivity contribution in [3.8, 4) is 0 Å². The van der Waals surface area contributed by atoms with Gasteiger partial charge in [0.1, 0.15) is 12.2 Å². The zero-order chi connectivity index (χ0) is 16.3. The summed E-state index contributed by atoms with van der Waals surface area (Å²) in [5, 5.41) is 2.63. The molecule has 0 saturated carbocycles. The summed E-state index contributed by atoms with van der Waals surface area (Å²) in [6.07, 6.45) is 4.84. The van der Waals surface area contributed by atoms with Crippen LogP contribution in [-0.4, -0.2) is 36.9 Å². The van der Waals surface area contributed by atoms with Crippen LogP contribution in [0, 0.1) is 0 Å². The molecule has 0 unspecified atom stereocenters. The van der Waals surface area contributed by atoms with E-state index in [0.717, 1.165) is 0 Å². The molecule has 0 saturated heterocycles. The Balaban J connectivity index is 3.89. The van der Waals surface area contributed by atoms with E-state index in [9.17, 15) is 9.59 Å². The van der Waals surface area contributed by atoms with Gasteiger partial charge >= 0.3 is 12.1 Å². The van der Waals surface area contributed by atoms with Gasteiger partial charge in [0.2, 0.25) is 0 Å². The van der Waals surface area contributed by atoms with Crippen LogP contribution in [0.15, 0.2) is 25.0 Å². The monoisotopic (exact) mass is 299 g/mol. The van der Waals surface area contributed by atoms with E-state index in [1.807, 2.05) is 0 Å². The quantitative estimate of drug-likeness (QED) is 0.323. The molecule has 0 spiro atoms. The molecule has 0 aromatic rings.